The molecule has 0 aliphatic rings. The molecular formula is C12H19NO4. The van der Waals surface area contributed by atoms with Gasteiger partial charge < -0.3 is 10.2 Å². The first kappa shape index (κ1) is 15.4. The Morgan fingerprint density at radius 3 is 2.12 bits per heavy atom. The monoisotopic (exact) mass is 241 g/mol. The van der Waals surface area contributed by atoms with E-state index < -0.39 is 29.2 Å². The van der Waals surface area contributed by atoms with Gasteiger partial charge in [-0.3, -0.25) is 9.59 Å². The number of unbranched alkanes of at least 4 members (excludes halogenated alkanes) is 1. The van der Waals surface area contributed by atoms with Gasteiger partial charge in [0, 0.05) is 0 Å². The molecule has 0 aliphatic heterocycles. The molecule has 2 unspecified atom stereocenters. The van der Waals surface area contributed by atoms with Crippen molar-refractivity contribution in [3.63, 3.8) is 0 Å². The van der Waals surface area contributed by atoms with Crippen molar-refractivity contribution in [2.75, 3.05) is 0 Å². The van der Waals surface area contributed by atoms with Gasteiger partial charge >= 0.3 is 11.9 Å². The number of nitriles is 1. The molecule has 0 fully saturated rings. The average molecular weight is 241 g/mol. The molecule has 2 atom stereocenters. The van der Waals surface area contributed by atoms with Crippen LogP contribution in [0.2, 0.25) is 0 Å². The largest absolute Gasteiger partial charge is 0.481 e. The zero-order valence-electron chi connectivity index (χ0n) is 10.4. The number of carboxylic acids is 2. The van der Waals surface area contributed by atoms with E-state index in [0.29, 0.717) is 6.42 Å². The third-order valence-electron chi connectivity index (χ3n) is 3.14. The van der Waals surface area contributed by atoms with Gasteiger partial charge in [0.1, 0.15) is 0 Å². The Morgan fingerprint density at radius 2 is 1.88 bits per heavy atom. The Kier molecular flexibility index (Phi) is 5.66. The fourth-order valence-corrected chi connectivity index (χ4v) is 2.01. The topological polar surface area (TPSA) is 98.4 Å². The van der Waals surface area contributed by atoms with Crippen molar-refractivity contribution >= 4 is 11.9 Å². The summed E-state index contributed by atoms with van der Waals surface area (Å²) in [4.78, 5) is 22.5. The Morgan fingerprint density at radius 1 is 1.35 bits per heavy atom. The summed E-state index contributed by atoms with van der Waals surface area (Å²) in [5, 5.41) is 27.5. The number of carbonyl (C=O) groups is 2. The lowest BCUT2D eigenvalue weighted by Gasteiger charge is -2.31. The summed E-state index contributed by atoms with van der Waals surface area (Å²) in [6, 6.07) is 1.72. The number of rotatable bonds is 7. The average Bonchev–Trinajstić information content (AvgIpc) is 2.22. The van der Waals surface area contributed by atoms with E-state index in [1.165, 1.54) is 0 Å². The second kappa shape index (κ2) is 6.24. The minimum Gasteiger partial charge on any atom is -0.481 e. The van der Waals surface area contributed by atoms with E-state index in [-0.39, 0.29) is 6.42 Å². The molecule has 0 saturated heterocycles. The van der Waals surface area contributed by atoms with Crippen LogP contribution in [-0.4, -0.2) is 22.2 Å². The maximum atomic E-state index is 11.3. The lowest BCUT2D eigenvalue weighted by Crippen LogP contribution is -2.45. The maximum absolute atomic E-state index is 11.3. The molecule has 5 heteroatoms. The standard InChI is InChI=1S/C12H19NO4/c1-4-5-6-9(10(14)15)12(7-13,8(2)3)11(16)17/h8-9H,4-6H2,1-3H3,(H,14,15)(H,16,17). The highest BCUT2D eigenvalue weighted by atomic mass is 16.4. The highest BCUT2D eigenvalue weighted by Gasteiger charge is 2.52. The fourth-order valence-electron chi connectivity index (χ4n) is 2.01. The Bertz CT molecular complexity index is 332. The van der Waals surface area contributed by atoms with Crippen molar-refractivity contribution in [2.24, 2.45) is 17.3 Å². The summed E-state index contributed by atoms with van der Waals surface area (Å²) < 4.78 is 0. The molecule has 2 N–H and O–H groups in total. The van der Waals surface area contributed by atoms with E-state index in [4.69, 9.17) is 10.4 Å². The van der Waals surface area contributed by atoms with Gasteiger partial charge in [0.15, 0.2) is 5.41 Å². The molecule has 0 spiro atoms. The van der Waals surface area contributed by atoms with Gasteiger partial charge in [-0.25, -0.2) is 0 Å². The molecule has 0 radical (unpaired) electrons. The van der Waals surface area contributed by atoms with Gasteiger partial charge in [-0.15, -0.1) is 0 Å². The number of carboxylic acid groups (broad SMARTS) is 2. The normalized spacial score (nSPS) is 15.9. The summed E-state index contributed by atoms with van der Waals surface area (Å²) in [6.45, 7) is 5.03. The van der Waals surface area contributed by atoms with Crippen LogP contribution in [0.15, 0.2) is 0 Å². The van der Waals surface area contributed by atoms with E-state index in [1.54, 1.807) is 19.9 Å². The number of hydrogen-bond acceptors (Lipinski definition) is 3. The van der Waals surface area contributed by atoms with Crippen molar-refractivity contribution in [2.45, 2.75) is 40.0 Å². The maximum Gasteiger partial charge on any atom is 0.325 e. The molecule has 17 heavy (non-hydrogen) atoms. The Hall–Kier alpha value is -1.57. The van der Waals surface area contributed by atoms with Crippen LogP contribution in [0.5, 0.6) is 0 Å². The van der Waals surface area contributed by atoms with E-state index >= 15 is 0 Å². The SMILES string of the molecule is CCCCC(C(=O)O)C(C#N)(C(=O)O)C(C)C. The van der Waals surface area contributed by atoms with Gasteiger partial charge in [0.25, 0.3) is 0 Å². The second-order valence-electron chi connectivity index (χ2n) is 4.47. The van der Waals surface area contributed by atoms with Gasteiger partial charge in [0.2, 0.25) is 0 Å². The summed E-state index contributed by atoms with van der Waals surface area (Å²) in [5.41, 5.74) is -1.85. The zero-order valence-corrected chi connectivity index (χ0v) is 10.4. The van der Waals surface area contributed by atoms with Crippen LogP contribution in [-0.2, 0) is 9.59 Å². The predicted octanol–water partition coefficient (Wildman–Crippen LogP) is 2.13. The first-order valence-corrected chi connectivity index (χ1v) is 5.72. The van der Waals surface area contributed by atoms with Crippen molar-refractivity contribution in [1.82, 2.24) is 0 Å². The van der Waals surface area contributed by atoms with Gasteiger partial charge in [-0.1, -0.05) is 33.6 Å². The first-order valence-electron chi connectivity index (χ1n) is 5.72. The zero-order chi connectivity index (χ0) is 13.6. The Balaban J connectivity index is 5.45. The van der Waals surface area contributed by atoms with Gasteiger partial charge in [-0.2, -0.15) is 5.26 Å². The smallest absolute Gasteiger partial charge is 0.325 e. The predicted molar refractivity (Wildman–Crippen MR) is 61.2 cm³/mol. The Labute approximate surface area is 101 Å². The summed E-state index contributed by atoms with van der Waals surface area (Å²) in [5.74, 6) is -4.28. The highest BCUT2D eigenvalue weighted by Crippen LogP contribution is 2.39. The molecule has 0 aromatic heterocycles. The summed E-state index contributed by atoms with van der Waals surface area (Å²) in [6.07, 6.45) is 1.58. The minimum absolute atomic E-state index is 0.212. The lowest BCUT2D eigenvalue weighted by molar-refractivity contribution is -0.161. The summed E-state index contributed by atoms with van der Waals surface area (Å²) in [7, 11) is 0. The van der Waals surface area contributed by atoms with E-state index in [1.807, 2.05) is 6.92 Å². The van der Waals surface area contributed by atoms with Crippen molar-refractivity contribution in [3.8, 4) is 6.07 Å². The van der Waals surface area contributed by atoms with Crippen LogP contribution in [0.25, 0.3) is 0 Å². The second-order valence-corrected chi connectivity index (χ2v) is 4.47. The van der Waals surface area contributed by atoms with Crippen LogP contribution in [0.4, 0.5) is 0 Å². The third-order valence-corrected chi connectivity index (χ3v) is 3.14. The molecule has 0 saturated carbocycles. The molecular weight excluding hydrogens is 222 g/mol. The van der Waals surface area contributed by atoms with Crippen molar-refractivity contribution in [3.05, 3.63) is 0 Å². The van der Waals surface area contributed by atoms with Gasteiger partial charge in [-0.05, 0) is 12.3 Å². The molecule has 0 aromatic rings. The molecule has 0 heterocycles. The minimum atomic E-state index is -1.85. The van der Waals surface area contributed by atoms with Crippen LogP contribution < -0.4 is 0 Å². The van der Waals surface area contributed by atoms with Crippen LogP contribution >= 0.6 is 0 Å². The fraction of sp³-hybridized carbons (Fsp3) is 0.750. The molecule has 5 nitrogen and oxygen atoms in total. The van der Waals surface area contributed by atoms with Crippen LogP contribution in [0.1, 0.15) is 40.0 Å². The van der Waals surface area contributed by atoms with E-state index in [9.17, 15) is 14.7 Å². The first-order chi connectivity index (χ1) is 7.84. The molecule has 0 aromatic carbocycles. The molecule has 0 aliphatic carbocycles. The number of aliphatic carboxylic acids is 2. The lowest BCUT2D eigenvalue weighted by atomic mass is 9.67. The molecule has 96 valence electrons. The van der Waals surface area contributed by atoms with E-state index in [2.05, 4.69) is 0 Å². The number of nitrogens with zero attached hydrogens (tertiary/aromatic N) is 1. The quantitative estimate of drug-likeness (QED) is 0.711. The van der Waals surface area contributed by atoms with E-state index in [0.717, 1.165) is 6.42 Å². The van der Waals surface area contributed by atoms with Crippen LogP contribution in [0.3, 0.4) is 0 Å². The summed E-state index contributed by atoms with van der Waals surface area (Å²) >= 11 is 0. The molecule has 0 bridgehead atoms. The molecule has 0 amide bonds. The number of hydrogen-bond donors (Lipinski definition) is 2. The molecule has 0 rings (SSSR count). The van der Waals surface area contributed by atoms with Gasteiger partial charge in [0.05, 0.1) is 12.0 Å². The highest BCUT2D eigenvalue weighted by molar-refractivity contribution is 5.86. The van der Waals surface area contributed by atoms with Crippen molar-refractivity contribution in [1.29, 1.82) is 5.26 Å². The van der Waals surface area contributed by atoms with Crippen LogP contribution in [0, 0.1) is 28.6 Å². The third kappa shape index (κ3) is 2.96. The van der Waals surface area contributed by atoms with Crippen molar-refractivity contribution < 1.29 is 19.8 Å².